The van der Waals surface area contributed by atoms with Gasteiger partial charge in [-0.25, -0.2) is 0 Å². The fourth-order valence-electron chi connectivity index (χ4n) is 2.21. The number of ether oxygens (including phenoxy) is 1. The quantitative estimate of drug-likeness (QED) is 0.723. The molecule has 0 fully saturated rings. The van der Waals surface area contributed by atoms with E-state index in [4.69, 9.17) is 16.3 Å². The molecule has 1 heterocycles. The number of nitrogens with one attached hydrogen (secondary N) is 1. The summed E-state index contributed by atoms with van der Waals surface area (Å²) in [7, 11) is 1.55. The molecule has 0 saturated heterocycles. The van der Waals surface area contributed by atoms with Gasteiger partial charge in [-0.3, -0.25) is 4.79 Å². The van der Waals surface area contributed by atoms with Gasteiger partial charge in [0.05, 0.1) is 17.7 Å². The van der Waals surface area contributed by atoms with Crippen LogP contribution in [0.2, 0.25) is 5.02 Å². The molecule has 0 aliphatic carbocycles. The maximum absolute atomic E-state index is 12.5. The number of fused-ring (bicyclic) bond motifs is 1. The molecule has 1 aromatic heterocycles. The van der Waals surface area contributed by atoms with Crippen LogP contribution in [-0.2, 0) is 0 Å². The molecule has 0 aliphatic heterocycles. The summed E-state index contributed by atoms with van der Waals surface area (Å²) < 4.78 is 6.37. The molecule has 5 heteroatoms. The van der Waals surface area contributed by atoms with Crippen molar-refractivity contribution in [1.82, 2.24) is 0 Å². The molecule has 0 spiro atoms. The second kappa shape index (κ2) is 5.99. The van der Waals surface area contributed by atoms with Crippen molar-refractivity contribution in [2.24, 2.45) is 0 Å². The summed E-state index contributed by atoms with van der Waals surface area (Å²) >= 11 is 7.55. The van der Waals surface area contributed by atoms with Crippen LogP contribution in [0.5, 0.6) is 5.75 Å². The van der Waals surface area contributed by atoms with Gasteiger partial charge < -0.3 is 10.1 Å². The minimum Gasteiger partial charge on any atom is -0.495 e. The van der Waals surface area contributed by atoms with Crippen LogP contribution in [0.15, 0.2) is 42.5 Å². The fourth-order valence-corrected chi connectivity index (χ4v) is 3.32. The first-order valence-corrected chi connectivity index (χ1v) is 7.92. The molecule has 3 rings (SSSR count). The highest BCUT2D eigenvalue weighted by molar-refractivity contribution is 7.20. The van der Waals surface area contributed by atoms with Gasteiger partial charge >= 0.3 is 0 Å². The summed E-state index contributed by atoms with van der Waals surface area (Å²) in [6.45, 7) is 1.89. The molecule has 1 N–H and O–H groups in total. The Bertz CT molecular complexity index is 824. The van der Waals surface area contributed by atoms with E-state index in [9.17, 15) is 4.79 Å². The highest BCUT2D eigenvalue weighted by atomic mass is 35.5. The van der Waals surface area contributed by atoms with Crippen LogP contribution < -0.4 is 10.1 Å². The number of carbonyl (C=O) groups is 1. The summed E-state index contributed by atoms with van der Waals surface area (Å²) in [6.07, 6.45) is 0. The van der Waals surface area contributed by atoms with Crippen LogP contribution in [0.4, 0.5) is 5.69 Å². The van der Waals surface area contributed by atoms with E-state index in [-0.39, 0.29) is 5.91 Å². The summed E-state index contributed by atoms with van der Waals surface area (Å²) in [5, 5.41) is 4.57. The molecular weight excluding hydrogens is 318 g/mol. The van der Waals surface area contributed by atoms with E-state index < -0.39 is 0 Å². The highest BCUT2D eigenvalue weighted by Crippen LogP contribution is 2.32. The maximum atomic E-state index is 12.5. The summed E-state index contributed by atoms with van der Waals surface area (Å²) in [5.74, 6) is 0.395. The fraction of sp³-hybridized carbons (Fsp3) is 0.118. The molecule has 112 valence electrons. The Morgan fingerprint density at radius 2 is 2.00 bits per heavy atom. The summed E-state index contributed by atoms with van der Waals surface area (Å²) in [6, 6.07) is 13.3. The van der Waals surface area contributed by atoms with Gasteiger partial charge in [0.2, 0.25) is 0 Å². The van der Waals surface area contributed by atoms with Crippen molar-refractivity contribution >= 4 is 44.6 Å². The first-order chi connectivity index (χ1) is 10.6. The molecule has 3 aromatic rings. The SMILES string of the molecule is COc1cc(Cl)c(C)cc1NC(=O)c1cc2ccccc2s1. The molecule has 2 aromatic carbocycles. The summed E-state index contributed by atoms with van der Waals surface area (Å²) in [4.78, 5) is 13.1. The molecule has 0 saturated carbocycles. The molecular formula is C17H14ClNO2S. The van der Waals surface area contributed by atoms with Crippen molar-refractivity contribution in [1.29, 1.82) is 0 Å². The number of rotatable bonds is 3. The number of amides is 1. The van der Waals surface area contributed by atoms with Crippen LogP contribution >= 0.6 is 22.9 Å². The predicted molar refractivity (Wildman–Crippen MR) is 92.5 cm³/mol. The molecule has 0 unspecified atom stereocenters. The van der Waals surface area contributed by atoms with Crippen LogP contribution in [0.1, 0.15) is 15.2 Å². The average Bonchev–Trinajstić information content (AvgIpc) is 2.94. The lowest BCUT2D eigenvalue weighted by molar-refractivity contribution is 0.103. The molecule has 3 nitrogen and oxygen atoms in total. The zero-order valence-corrected chi connectivity index (χ0v) is 13.7. The van der Waals surface area contributed by atoms with Crippen molar-refractivity contribution in [3.8, 4) is 5.75 Å². The monoisotopic (exact) mass is 331 g/mol. The Morgan fingerprint density at radius 3 is 2.73 bits per heavy atom. The number of aryl methyl sites for hydroxylation is 1. The lowest BCUT2D eigenvalue weighted by Crippen LogP contribution is -2.11. The minimum atomic E-state index is -0.152. The number of benzene rings is 2. The van der Waals surface area contributed by atoms with Gasteiger partial charge in [0.25, 0.3) is 5.91 Å². The van der Waals surface area contributed by atoms with Crippen molar-refractivity contribution in [2.45, 2.75) is 6.92 Å². The van der Waals surface area contributed by atoms with E-state index >= 15 is 0 Å². The first kappa shape index (κ1) is 14.9. The number of halogens is 1. The van der Waals surface area contributed by atoms with Gasteiger partial charge in [-0.05, 0) is 36.1 Å². The van der Waals surface area contributed by atoms with Crippen LogP contribution in [-0.4, -0.2) is 13.0 Å². The largest absolute Gasteiger partial charge is 0.495 e. The van der Waals surface area contributed by atoms with Gasteiger partial charge in [-0.2, -0.15) is 0 Å². The second-order valence-corrected chi connectivity index (χ2v) is 6.40. The molecule has 0 atom stereocenters. The summed E-state index contributed by atoms with van der Waals surface area (Å²) in [5.41, 5.74) is 1.50. The Morgan fingerprint density at radius 1 is 1.23 bits per heavy atom. The van der Waals surface area contributed by atoms with Gasteiger partial charge in [0.1, 0.15) is 5.75 Å². The number of anilines is 1. The van der Waals surface area contributed by atoms with Crippen molar-refractivity contribution in [2.75, 3.05) is 12.4 Å². The third-order valence-corrected chi connectivity index (χ3v) is 4.90. The molecule has 0 bridgehead atoms. The van der Waals surface area contributed by atoms with Crippen LogP contribution in [0.25, 0.3) is 10.1 Å². The third kappa shape index (κ3) is 2.80. The minimum absolute atomic E-state index is 0.152. The van der Waals surface area contributed by atoms with E-state index in [2.05, 4.69) is 5.32 Å². The van der Waals surface area contributed by atoms with Crippen LogP contribution in [0.3, 0.4) is 0 Å². The van der Waals surface area contributed by atoms with E-state index in [1.54, 1.807) is 13.2 Å². The molecule has 0 aliphatic rings. The lowest BCUT2D eigenvalue weighted by Gasteiger charge is -2.11. The Labute approximate surface area is 137 Å². The van der Waals surface area contributed by atoms with Gasteiger partial charge in [0.15, 0.2) is 0 Å². The van der Waals surface area contributed by atoms with Gasteiger partial charge in [-0.15, -0.1) is 11.3 Å². The first-order valence-electron chi connectivity index (χ1n) is 6.72. The van der Waals surface area contributed by atoms with Gasteiger partial charge in [-0.1, -0.05) is 29.8 Å². The number of hydrogen-bond donors (Lipinski definition) is 1. The number of hydrogen-bond acceptors (Lipinski definition) is 3. The Hall–Kier alpha value is -2.04. The third-order valence-electron chi connectivity index (χ3n) is 3.38. The van der Waals surface area contributed by atoms with E-state index in [0.29, 0.717) is 21.3 Å². The Kier molecular flexibility index (Phi) is 4.05. The van der Waals surface area contributed by atoms with Crippen LogP contribution in [0, 0.1) is 6.92 Å². The molecule has 0 radical (unpaired) electrons. The standard InChI is InChI=1S/C17H14ClNO2S/c1-10-7-13(14(21-2)9-12(10)18)19-17(20)16-8-11-5-3-4-6-15(11)22-16/h3-9H,1-2H3,(H,19,20). The smallest absolute Gasteiger partial charge is 0.265 e. The Balaban J connectivity index is 1.92. The van der Waals surface area contributed by atoms with E-state index in [1.807, 2.05) is 43.3 Å². The topological polar surface area (TPSA) is 38.3 Å². The highest BCUT2D eigenvalue weighted by Gasteiger charge is 2.14. The maximum Gasteiger partial charge on any atom is 0.265 e. The van der Waals surface area contributed by atoms with Crippen molar-refractivity contribution in [3.63, 3.8) is 0 Å². The predicted octanol–water partition coefficient (Wildman–Crippen LogP) is 5.12. The molecule has 22 heavy (non-hydrogen) atoms. The van der Waals surface area contributed by atoms with E-state index in [0.717, 1.165) is 15.6 Å². The average molecular weight is 332 g/mol. The number of thiophene rings is 1. The number of methoxy groups -OCH3 is 1. The number of carbonyl (C=O) groups excluding carboxylic acids is 1. The zero-order valence-electron chi connectivity index (χ0n) is 12.1. The van der Waals surface area contributed by atoms with Crippen molar-refractivity contribution < 1.29 is 9.53 Å². The van der Waals surface area contributed by atoms with Crippen molar-refractivity contribution in [3.05, 3.63) is 57.9 Å². The zero-order chi connectivity index (χ0) is 15.7. The van der Waals surface area contributed by atoms with E-state index in [1.165, 1.54) is 11.3 Å². The van der Waals surface area contributed by atoms with Gasteiger partial charge in [0, 0.05) is 15.8 Å². The molecule has 1 amide bonds. The normalized spacial score (nSPS) is 10.7. The lowest BCUT2D eigenvalue weighted by atomic mass is 10.2. The second-order valence-electron chi connectivity index (χ2n) is 4.90.